The fourth-order valence-electron chi connectivity index (χ4n) is 3.53. The molecule has 0 spiro atoms. The Morgan fingerprint density at radius 2 is 1.48 bits per heavy atom. The largest absolute Gasteiger partial charge is 0.256 e. The highest BCUT2D eigenvalue weighted by Crippen LogP contribution is 2.23. The molecule has 4 rings (SSSR count). The van der Waals surface area contributed by atoms with E-state index in [9.17, 15) is 0 Å². The molecular weight excluding hydrogens is 328 g/mol. The van der Waals surface area contributed by atoms with Crippen molar-refractivity contribution in [3.63, 3.8) is 0 Å². The summed E-state index contributed by atoms with van der Waals surface area (Å²) in [6.07, 6.45) is 4.99. The van der Waals surface area contributed by atoms with Crippen molar-refractivity contribution in [3.8, 4) is 22.5 Å². The number of hydrogen-bond acceptors (Lipinski definition) is 1. The molecule has 132 valence electrons. The maximum atomic E-state index is 4.53. The van der Waals surface area contributed by atoms with Crippen LogP contribution < -0.4 is 4.57 Å². The van der Waals surface area contributed by atoms with Crippen LogP contribution in [0.3, 0.4) is 0 Å². The Kier molecular flexibility index (Phi) is 5.06. The van der Waals surface area contributed by atoms with Gasteiger partial charge in [-0.1, -0.05) is 48.5 Å². The minimum atomic E-state index is 0.925. The summed E-state index contributed by atoms with van der Waals surface area (Å²) < 4.78 is 2.34. The highest BCUT2D eigenvalue weighted by molar-refractivity contribution is 5.63. The van der Waals surface area contributed by atoms with Crippen molar-refractivity contribution in [2.75, 3.05) is 0 Å². The van der Waals surface area contributed by atoms with Gasteiger partial charge in [0.1, 0.15) is 0 Å². The summed E-state index contributed by atoms with van der Waals surface area (Å²) in [6, 6.07) is 29.6. The molecule has 0 bridgehead atoms. The number of rotatable bonds is 5. The van der Waals surface area contributed by atoms with Gasteiger partial charge in [-0.25, -0.2) is 0 Å². The van der Waals surface area contributed by atoms with Gasteiger partial charge in [0.15, 0.2) is 12.7 Å². The van der Waals surface area contributed by atoms with Gasteiger partial charge in [-0.2, -0.15) is 4.57 Å². The molecule has 0 saturated carbocycles. The first-order valence-electron chi connectivity index (χ1n) is 9.37. The molecule has 0 saturated heterocycles. The van der Waals surface area contributed by atoms with E-state index in [2.05, 4.69) is 95.5 Å². The lowest BCUT2D eigenvalue weighted by atomic mass is 10.0. The zero-order valence-electron chi connectivity index (χ0n) is 15.5. The van der Waals surface area contributed by atoms with E-state index in [1.165, 1.54) is 27.9 Å². The maximum Gasteiger partial charge on any atom is 0.212 e. The van der Waals surface area contributed by atoms with Crippen LogP contribution >= 0.6 is 0 Å². The molecule has 2 heterocycles. The van der Waals surface area contributed by atoms with Gasteiger partial charge < -0.3 is 0 Å². The highest BCUT2D eigenvalue weighted by atomic mass is 15.0. The monoisotopic (exact) mass is 351 g/mol. The quantitative estimate of drug-likeness (QED) is 0.449. The molecule has 2 aromatic heterocycles. The molecule has 0 N–H and O–H groups in total. The standard InChI is InChI=1S/C25H23N2/c1-20-10-2-4-12-22(20)25-15-7-9-18-27(25)19-16-21-11-3-5-13-23(21)24-14-6-8-17-26-24/h2-15,17-18H,16,19H2,1H3/q+1. The summed E-state index contributed by atoms with van der Waals surface area (Å²) in [5, 5.41) is 0. The predicted molar refractivity (Wildman–Crippen MR) is 110 cm³/mol. The third-order valence-electron chi connectivity index (χ3n) is 4.94. The van der Waals surface area contributed by atoms with Crippen LogP contribution in [-0.4, -0.2) is 4.98 Å². The van der Waals surface area contributed by atoms with Crippen molar-refractivity contribution in [2.24, 2.45) is 0 Å². The number of hydrogen-bond donors (Lipinski definition) is 0. The third-order valence-corrected chi connectivity index (χ3v) is 4.94. The van der Waals surface area contributed by atoms with Crippen LogP contribution in [-0.2, 0) is 13.0 Å². The summed E-state index contributed by atoms with van der Waals surface area (Å²) in [6.45, 7) is 3.09. The molecular formula is C25H23N2+. The molecule has 4 aromatic rings. The summed E-state index contributed by atoms with van der Waals surface area (Å²) in [5.41, 5.74) is 7.41. The maximum absolute atomic E-state index is 4.53. The summed E-state index contributed by atoms with van der Waals surface area (Å²) in [5.74, 6) is 0. The normalized spacial score (nSPS) is 10.7. The molecule has 2 aromatic carbocycles. The van der Waals surface area contributed by atoms with Crippen LogP contribution in [0.1, 0.15) is 11.1 Å². The van der Waals surface area contributed by atoms with Gasteiger partial charge in [0.2, 0.25) is 5.69 Å². The Balaban J connectivity index is 1.64. The summed E-state index contributed by atoms with van der Waals surface area (Å²) in [4.78, 5) is 4.53. The fourth-order valence-corrected chi connectivity index (χ4v) is 3.53. The molecule has 0 aliphatic carbocycles. The highest BCUT2D eigenvalue weighted by Gasteiger charge is 2.15. The van der Waals surface area contributed by atoms with Gasteiger partial charge in [-0.05, 0) is 42.3 Å². The van der Waals surface area contributed by atoms with Crippen LogP contribution in [0.5, 0.6) is 0 Å². The SMILES string of the molecule is Cc1ccccc1-c1cccc[n+]1CCc1ccccc1-c1ccccn1. The Morgan fingerprint density at radius 3 is 2.30 bits per heavy atom. The molecule has 0 radical (unpaired) electrons. The first-order chi connectivity index (χ1) is 13.3. The lowest BCUT2D eigenvalue weighted by Crippen LogP contribution is -2.37. The van der Waals surface area contributed by atoms with E-state index >= 15 is 0 Å². The molecule has 0 atom stereocenters. The van der Waals surface area contributed by atoms with Gasteiger partial charge in [-0.3, -0.25) is 4.98 Å². The van der Waals surface area contributed by atoms with Crippen molar-refractivity contribution in [1.82, 2.24) is 4.98 Å². The third kappa shape index (κ3) is 3.80. The van der Waals surface area contributed by atoms with Gasteiger partial charge in [0.05, 0.1) is 5.69 Å². The van der Waals surface area contributed by atoms with Crippen LogP contribution in [0.15, 0.2) is 97.3 Å². The molecule has 0 amide bonds. The van der Waals surface area contributed by atoms with E-state index in [4.69, 9.17) is 0 Å². The second-order valence-electron chi connectivity index (χ2n) is 6.72. The van der Waals surface area contributed by atoms with Gasteiger partial charge in [-0.15, -0.1) is 0 Å². The number of aryl methyl sites for hydroxylation is 3. The summed E-state index contributed by atoms with van der Waals surface area (Å²) >= 11 is 0. The van der Waals surface area contributed by atoms with Crippen molar-refractivity contribution in [1.29, 1.82) is 0 Å². The molecule has 0 fully saturated rings. The van der Waals surface area contributed by atoms with Crippen LogP contribution in [0.2, 0.25) is 0 Å². The number of pyridine rings is 2. The number of aromatic nitrogens is 2. The van der Waals surface area contributed by atoms with Gasteiger partial charge >= 0.3 is 0 Å². The van der Waals surface area contributed by atoms with Crippen molar-refractivity contribution < 1.29 is 4.57 Å². The molecule has 0 aliphatic heterocycles. The first-order valence-corrected chi connectivity index (χ1v) is 9.37. The molecule has 2 heteroatoms. The van der Waals surface area contributed by atoms with E-state index in [1.54, 1.807) is 0 Å². The van der Waals surface area contributed by atoms with Gasteiger partial charge in [0, 0.05) is 35.9 Å². The Labute approximate surface area is 160 Å². The lowest BCUT2D eigenvalue weighted by Gasteiger charge is -2.10. The summed E-state index contributed by atoms with van der Waals surface area (Å²) in [7, 11) is 0. The van der Waals surface area contributed by atoms with Crippen LogP contribution in [0, 0.1) is 6.92 Å². The molecule has 0 aliphatic rings. The average Bonchev–Trinajstić information content (AvgIpc) is 2.74. The smallest absolute Gasteiger partial charge is 0.212 e. The second-order valence-corrected chi connectivity index (χ2v) is 6.72. The predicted octanol–water partition coefficient (Wildman–Crippen LogP) is 5.25. The average molecular weight is 351 g/mol. The Morgan fingerprint density at radius 1 is 0.741 bits per heavy atom. The molecule has 2 nitrogen and oxygen atoms in total. The zero-order chi connectivity index (χ0) is 18.5. The van der Waals surface area contributed by atoms with Crippen molar-refractivity contribution in [2.45, 2.75) is 19.9 Å². The fraction of sp³-hybridized carbons (Fsp3) is 0.120. The second kappa shape index (κ2) is 7.96. The molecule has 27 heavy (non-hydrogen) atoms. The van der Waals surface area contributed by atoms with E-state index in [-0.39, 0.29) is 0 Å². The Hall–Kier alpha value is -3.26. The minimum Gasteiger partial charge on any atom is -0.256 e. The number of nitrogens with zero attached hydrogens (tertiary/aromatic N) is 2. The van der Waals surface area contributed by atoms with Crippen LogP contribution in [0.4, 0.5) is 0 Å². The topological polar surface area (TPSA) is 16.8 Å². The van der Waals surface area contributed by atoms with Gasteiger partial charge in [0.25, 0.3) is 0 Å². The van der Waals surface area contributed by atoms with Crippen LogP contribution in [0.25, 0.3) is 22.5 Å². The molecule has 0 unspecified atom stereocenters. The first kappa shape index (κ1) is 17.2. The zero-order valence-corrected chi connectivity index (χ0v) is 15.5. The van der Waals surface area contributed by atoms with Crippen molar-refractivity contribution in [3.05, 3.63) is 108 Å². The van der Waals surface area contributed by atoms with E-state index in [0.717, 1.165) is 18.7 Å². The van der Waals surface area contributed by atoms with E-state index < -0.39 is 0 Å². The Bertz CT molecular complexity index is 1040. The van der Waals surface area contributed by atoms with E-state index in [0.29, 0.717) is 0 Å². The van der Waals surface area contributed by atoms with Crippen molar-refractivity contribution >= 4 is 0 Å². The lowest BCUT2D eigenvalue weighted by molar-refractivity contribution is -0.685. The minimum absolute atomic E-state index is 0.925. The number of benzene rings is 2. The van der Waals surface area contributed by atoms with E-state index in [1.807, 2.05) is 18.3 Å².